The molecule has 0 amide bonds. The molecular weight excluding hydrogens is 172 g/mol. The molecule has 0 aromatic heterocycles. The topological polar surface area (TPSA) is 80.3 Å². The molecule has 0 fully saturated rings. The third-order valence-electron chi connectivity index (χ3n) is 1.71. The lowest BCUT2D eigenvalue weighted by Crippen LogP contribution is -2.31. The van der Waals surface area contributed by atoms with Crippen LogP contribution in [0.25, 0.3) is 0 Å². The molecule has 0 spiro atoms. The molecule has 0 saturated carbocycles. The molecule has 4 heteroatoms. The zero-order valence-electron chi connectivity index (χ0n) is 7.75. The van der Waals surface area contributed by atoms with Gasteiger partial charge < -0.3 is 19.8 Å². The highest BCUT2D eigenvalue weighted by atomic mass is 16.4. The summed E-state index contributed by atoms with van der Waals surface area (Å²) in [5.41, 5.74) is -0.313. The molecule has 0 bridgehead atoms. The van der Waals surface area contributed by atoms with E-state index < -0.39 is 11.9 Å². The molecule has 4 nitrogen and oxygen atoms in total. The van der Waals surface area contributed by atoms with Crippen LogP contribution in [0, 0.1) is 0 Å². The molecule has 0 radical (unpaired) electrons. The lowest BCUT2D eigenvalue weighted by molar-refractivity contribution is -0.304. The summed E-state index contributed by atoms with van der Waals surface area (Å²) in [4.78, 5) is 21.0. The first kappa shape index (κ1) is 11.7. The van der Waals surface area contributed by atoms with E-state index in [-0.39, 0.29) is 24.0 Å². The first-order valence-electron chi connectivity index (χ1n) is 4.19. The van der Waals surface area contributed by atoms with Gasteiger partial charge in [-0.15, -0.1) is 0 Å². The molecular formula is C9H12O4-2. The summed E-state index contributed by atoms with van der Waals surface area (Å²) in [5.74, 6) is -2.84. The van der Waals surface area contributed by atoms with Crippen molar-refractivity contribution in [2.24, 2.45) is 0 Å². The largest absolute Gasteiger partial charge is 0.545 e. The normalized spacial score (nSPS) is 12.2. The van der Waals surface area contributed by atoms with Crippen LogP contribution in [0.4, 0.5) is 0 Å². The zero-order chi connectivity index (χ0) is 10.4. The fourth-order valence-corrected chi connectivity index (χ4v) is 1.11. The molecule has 0 aromatic carbocycles. The van der Waals surface area contributed by atoms with Crippen molar-refractivity contribution in [3.63, 3.8) is 0 Å². The van der Waals surface area contributed by atoms with Crippen LogP contribution in [0.3, 0.4) is 0 Å². The molecule has 0 N–H and O–H groups in total. The van der Waals surface area contributed by atoms with Gasteiger partial charge in [-0.25, -0.2) is 0 Å². The third kappa shape index (κ3) is 3.27. The fraction of sp³-hybridized carbons (Fsp3) is 0.556. The lowest BCUT2D eigenvalue weighted by atomic mass is 10.0. The molecule has 0 saturated heterocycles. The molecule has 0 rings (SSSR count). The van der Waals surface area contributed by atoms with E-state index in [2.05, 4.69) is 0 Å². The van der Waals surface area contributed by atoms with E-state index in [1.54, 1.807) is 13.8 Å². The number of hydrogen-bond acceptors (Lipinski definition) is 4. The Morgan fingerprint density at radius 1 is 1.00 bits per heavy atom. The van der Waals surface area contributed by atoms with Crippen molar-refractivity contribution in [3.05, 3.63) is 11.1 Å². The summed E-state index contributed by atoms with van der Waals surface area (Å²) < 4.78 is 0. The summed E-state index contributed by atoms with van der Waals surface area (Å²) in [6, 6.07) is 0. The lowest BCUT2D eigenvalue weighted by Gasteiger charge is -2.15. The number of aliphatic carboxylic acids is 2. The second-order valence-corrected chi connectivity index (χ2v) is 2.64. The quantitative estimate of drug-likeness (QED) is 0.513. The van der Waals surface area contributed by atoms with Crippen molar-refractivity contribution in [2.75, 3.05) is 0 Å². The number of carbonyl (C=O) groups is 2. The first-order valence-corrected chi connectivity index (χ1v) is 4.19. The number of carboxylic acid groups (broad SMARTS) is 2. The second kappa shape index (κ2) is 5.35. The Bertz CT molecular complexity index is 240. The van der Waals surface area contributed by atoms with Gasteiger partial charge in [-0.1, -0.05) is 20.3 Å². The standard InChI is InChI=1S/C9H14O4/c1-3-5-7(9(12)13)6(4-2)8(10)11/h3-5H2,1-2H3,(H,10,11)(H,12,13)/p-2/b7-6-. The molecule has 0 aromatic rings. The average Bonchev–Trinajstić information content (AvgIpc) is 2.03. The van der Waals surface area contributed by atoms with Crippen LogP contribution < -0.4 is 10.2 Å². The highest BCUT2D eigenvalue weighted by Gasteiger charge is 2.06. The summed E-state index contributed by atoms with van der Waals surface area (Å²) in [6.45, 7) is 3.34. The highest BCUT2D eigenvalue weighted by Crippen LogP contribution is 2.13. The Balaban J connectivity index is 5.00. The van der Waals surface area contributed by atoms with Crippen LogP contribution in [-0.2, 0) is 9.59 Å². The van der Waals surface area contributed by atoms with Gasteiger partial charge in [-0.05, 0) is 24.0 Å². The van der Waals surface area contributed by atoms with Gasteiger partial charge in [0.25, 0.3) is 0 Å². The van der Waals surface area contributed by atoms with E-state index in [4.69, 9.17) is 0 Å². The van der Waals surface area contributed by atoms with E-state index >= 15 is 0 Å². The maximum absolute atomic E-state index is 10.5. The minimum absolute atomic E-state index is 0.144. The van der Waals surface area contributed by atoms with Crippen molar-refractivity contribution >= 4 is 11.9 Å². The van der Waals surface area contributed by atoms with Gasteiger partial charge in [0.05, 0.1) is 11.9 Å². The predicted molar refractivity (Wildman–Crippen MR) is 42.2 cm³/mol. The number of rotatable bonds is 5. The van der Waals surface area contributed by atoms with Crippen molar-refractivity contribution < 1.29 is 19.8 Å². The zero-order valence-corrected chi connectivity index (χ0v) is 7.75. The number of carboxylic acids is 2. The Labute approximate surface area is 76.9 Å². The summed E-state index contributed by atoms with van der Waals surface area (Å²) >= 11 is 0. The van der Waals surface area contributed by atoms with Gasteiger partial charge in [0.15, 0.2) is 0 Å². The van der Waals surface area contributed by atoms with Gasteiger partial charge in [-0.2, -0.15) is 0 Å². The Morgan fingerprint density at radius 3 is 1.69 bits per heavy atom. The minimum atomic E-state index is -1.42. The molecule has 0 aliphatic heterocycles. The maximum atomic E-state index is 10.5. The minimum Gasteiger partial charge on any atom is -0.545 e. The summed E-state index contributed by atoms with van der Waals surface area (Å²) in [5, 5.41) is 21.0. The van der Waals surface area contributed by atoms with Crippen molar-refractivity contribution in [2.45, 2.75) is 33.1 Å². The average molecular weight is 184 g/mol. The van der Waals surface area contributed by atoms with Crippen molar-refractivity contribution in [1.29, 1.82) is 0 Å². The van der Waals surface area contributed by atoms with E-state index in [9.17, 15) is 19.8 Å². The fourth-order valence-electron chi connectivity index (χ4n) is 1.11. The maximum Gasteiger partial charge on any atom is 0.0678 e. The van der Waals surface area contributed by atoms with Crippen LogP contribution in [0.15, 0.2) is 11.1 Å². The molecule has 74 valence electrons. The monoisotopic (exact) mass is 184 g/mol. The highest BCUT2D eigenvalue weighted by molar-refractivity contribution is 5.96. The first-order chi connectivity index (χ1) is 6.04. The summed E-state index contributed by atoms with van der Waals surface area (Å²) in [7, 11) is 0. The molecule has 13 heavy (non-hydrogen) atoms. The van der Waals surface area contributed by atoms with Crippen LogP contribution in [0.2, 0.25) is 0 Å². The number of hydrogen-bond donors (Lipinski definition) is 0. The number of carbonyl (C=O) groups excluding carboxylic acids is 2. The Hall–Kier alpha value is -1.32. The van der Waals surface area contributed by atoms with Gasteiger partial charge in [0, 0.05) is 0 Å². The summed E-state index contributed by atoms with van der Waals surface area (Å²) in [6.07, 6.45) is 0.922. The predicted octanol–water partition coefficient (Wildman–Crippen LogP) is -1.01. The molecule has 0 aliphatic carbocycles. The van der Waals surface area contributed by atoms with Crippen molar-refractivity contribution in [3.8, 4) is 0 Å². The van der Waals surface area contributed by atoms with Gasteiger partial charge in [0.1, 0.15) is 0 Å². The van der Waals surface area contributed by atoms with Crippen LogP contribution in [0.5, 0.6) is 0 Å². The third-order valence-corrected chi connectivity index (χ3v) is 1.71. The van der Waals surface area contributed by atoms with Crippen LogP contribution >= 0.6 is 0 Å². The van der Waals surface area contributed by atoms with E-state index in [0.717, 1.165) is 0 Å². The Kier molecular flexibility index (Phi) is 4.80. The van der Waals surface area contributed by atoms with E-state index in [1.165, 1.54) is 0 Å². The molecule has 0 heterocycles. The SMILES string of the molecule is CCC/C(C(=O)[O-])=C(\CC)C(=O)[O-]. The van der Waals surface area contributed by atoms with Gasteiger partial charge in [0.2, 0.25) is 0 Å². The molecule has 0 atom stereocenters. The molecule has 0 unspecified atom stereocenters. The smallest absolute Gasteiger partial charge is 0.0678 e. The van der Waals surface area contributed by atoms with Gasteiger partial charge >= 0.3 is 0 Å². The van der Waals surface area contributed by atoms with Crippen molar-refractivity contribution in [1.82, 2.24) is 0 Å². The van der Waals surface area contributed by atoms with E-state index in [0.29, 0.717) is 6.42 Å². The molecule has 0 aliphatic rings. The van der Waals surface area contributed by atoms with Gasteiger partial charge in [-0.3, -0.25) is 0 Å². The second-order valence-electron chi connectivity index (χ2n) is 2.64. The van der Waals surface area contributed by atoms with E-state index in [1.807, 2.05) is 0 Å². The van der Waals surface area contributed by atoms with Crippen LogP contribution in [-0.4, -0.2) is 11.9 Å². The van der Waals surface area contributed by atoms with Crippen LogP contribution in [0.1, 0.15) is 33.1 Å². The Morgan fingerprint density at radius 2 is 1.46 bits per heavy atom.